The van der Waals surface area contributed by atoms with Crippen molar-refractivity contribution in [2.45, 2.75) is 103 Å². The topological polar surface area (TPSA) is 74.0 Å². The number of oxazole rings is 1. The van der Waals surface area contributed by atoms with E-state index in [0.717, 1.165) is 54.6 Å². The van der Waals surface area contributed by atoms with Crippen LogP contribution in [-0.4, -0.2) is 46.4 Å². The normalized spacial score (nSPS) is 23.1. The van der Waals surface area contributed by atoms with E-state index in [1.165, 1.54) is 5.56 Å². The highest BCUT2D eigenvalue weighted by Crippen LogP contribution is 2.40. The second-order valence-electron chi connectivity index (χ2n) is 12.0. The molecule has 188 valence electrons. The van der Waals surface area contributed by atoms with Crippen LogP contribution >= 0.6 is 0 Å². The van der Waals surface area contributed by atoms with Gasteiger partial charge in [-0.2, -0.15) is 0 Å². The van der Waals surface area contributed by atoms with Crippen molar-refractivity contribution in [2.24, 2.45) is 0 Å². The molecule has 1 aromatic heterocycles. The van der Waals surface area contributed by atoms with Gasteiger partial charge in [0.1, 0.15) is 11.6 Å². The number of benzene rings is 1. The summed E-state index contributed by atoms with van der Waals surface area (Å²) in [4.78, 5) is 19.5. The molecule has 2 fully saturated rings. The van der Waals surface area contributed by atoms with E-state index in [2.05, 4.69) is 45.9 Å². The predicted molar refractivity (Wildman–Crippen MR) is 135 cm³/mol. The molecule has 2 saturated heterocycles. The third-order valence-electron chi connectivity index (χ3n) is 7.64. The second kappa shape index (κ2) is 8.37. The smallest absolute Gasteiger partial charge is 0.444 e. The molecular formula is C27H37BN2O5. The molecule has 0 spiro atoms. The molecule has 2 aromatic rings. The number of aromatic nitrogens is 1. The lowest BCUT2D eigenvalue weighted by Crippen LogP contribution is -2.41. The van der Waals surface area contributed by atoms with Crippen molar-refractivity contribution in [1.82, 2.24) is 9.88 Å². The average Bonchev–Trinajstić information content (AvgIpc) is 3.40. The highest BCUT2D eigenvalue weighted by molar-refractivity contribution is 6.62. The largest absolute Gasteiger partial charge is 0.494 e. The van der Waals surface area contributed by atoms with Crippen LogP contribution in [0.1, 0.15) is 90.9 Å². The molecule has 2 aliphatic heterocycles. The number of rotatable bonds is 2. The van der Waals surface area contributed by atoms with Crippen LogP contribution in [0.15, 0.2) is 22.6 Å². The van der Waals surface area contributed by atoms with Gasteiger partial charge in [0.05, 0.1) is 16.9 Å². The van der Waals surface area contributed by atoms with Gasteiger partial charge in [-0.05, 0) is 91.6 Å². The van der Waals surface area contributed by atoms with Crippen LogP contribution in [0.25, 0.3) is 11.3 Å². The summed E-state index contributed by atoms with van der Waals surface area (Å²) < 4.78 is 24.6. The first kappa shape index (κ1) is 24.4. The van der Waals surface area contributed by atoms with Gasteiger partial charge in [-0.15, -0.1) is 0 Å². The fourth-order valence-corrected chi connectivity index (χ4v) is 5.07. The summed E-state index contributed by atoms with van der Waals surface area (Å²) in [5.74, 6) is 1.44. The lowest BCUT2D eigenvalue weighted by molar-refractivity contribution is 0.00578. The van der Waals surface area contributed by atoms with Crippen LogP contribution in [0, 0.1) is 0 Å². The number of carbonyl (C=O) groups excluding carboxylic acids is 1. The molecule has 5 rings (SSSR count). The molecule has 0 bridgehead atoms. The van der Waals surface area contributed by atoms with Gasteiger partial charge in [0, 0.05) is 12.1 Å². The van der Waals surface area contributed by atoms with Crippen LogP contribution in [0.4, 0.5) is 4.79 Å². The van der Waals surface area contributed by atoms with E-state index in [1.54, 1.807) is 4.90 Å². The van der Waals surface area contributed by atoms with Gasteiger partial charge in [-0.3, -0.25) is 4.90 Å². The number of amides is 1. The lowest BCUT2D eigenvalue weighted by atomic mass is 9.77. The van der Waals surface area contributed by atoms with E-state index in [0.29, 0.717) is 12.4 Å². The summed E-state index contributed by atoms with van der Waals surface area (Å²) in [5.41, 5.74) is 2.99. The third kappa shape index (κ3) is 4.51. The second-order valence-corrected chi connectivity index (χ2v) is 12.0. The van der Waals surface area contributed by atoms with Gasteiger partial charge in [0.25, 0.3) is 0 Å². The van der Waals surface area contributed by atoms with Gasteiger partial charge in [-0.1, -0.05) is 18.2 Å². The lowest BCUT2D eigenvalue weighted by Gasteiger charge is -2.32. The first-order valence-electron chi connectivity index (χ1n) is 12.8. The summed E-state index contributed by atoms with van der Waals surface area (Å²) in [6.45, 7) is 14.6. The Labute approximate surface area is 208 Å². The van der Waals surface area contributed by atoms with E-state index in [9.17, 15) is 4.79 Å². The quantitative estimate of drug-likeness (QED) is 0.550. The highest BCUT2D eigenvalue weighted by atomic mass is 16.7. The minimum Gasteiger partial charge on any atom is -0.444 e. The van der Waals surface area contributed by atoms with E-state index in [4.69, 9.17) is 23.4 Å². The number of hydrogen-bond donors (Lipinski definition) is 0. The Hall–Kier alpha value is -2.32. The number of nitrogens with zero attached hydrogens (tertiary/aromatic N) is 2. The van der Waals surface area contributed by atoms with Crippen LogP contribution in [-0.2, 0) is 26.9 Å². The van der Waals surface area contributed by atoms with Crippen molar-refractivity contribution in [3.8, 4) is 11.3 Å². The molecule has 1 unspecified atom stereocenters. The van der Waals surface area contributed by atoms with Crippen LogP contribution in [0.3, 0.4) is 0 Å². The number of likely N-dealkylation sites (tertiary alicyclic amines) is 1. The summed E-state index contributed by atoms with van der Waals surface area (Å²) >= 11 is 0. The van der Waals surface area contributed by atoms with Crippen LogP contribution < -0.4 is 5.46 Å². The molecule has 0 saturated carbocycles. The van der Waals surface area contributed by atoms with E-state index in [-0.39, 0.29) is 30.5 Å². The van der Waals surface area contributed by atoms with Gasteiger partial charge in [0.15, 0.2) is 5.76 Å². The first-order chi connectivity index (χ1) is 16.3. The number of hydrogen-bond acceptors (Lipinski definition) is 6. The average molecular weight is 480 g/mol. The Balaban J connectivity index is 1.43. The van der Waals surface area contributed by atoms with Crippen molar-refractivity contribution in [1.29, 1.82) is 0 Å². The third-order valence-corrected chi connectivity index (χ3v) is 7.64. The van der Waals surface area contributed by atoms with Gasteiger partial charge >= 0.3 is 13.2 Å². The van der Waals surface area contributed by atoms with Crippen molar-refractivity contribution >= 4 is 18.7 Å². The van der Waals surface area contributed by atoms with Gasteiger partial charge in [-0.25, -0.2) is 9.78 Å². The molecular weight excluding hydrogens is 443 g/mol. The summed E-state index contributed by atoms with van der Waals surface area (Å²) in [6, 6.07) is 6.18. The predicted octanol–water partition coefficient (Wildman–Crippen LogP) is 5.20. The molecule has 3 heterocycles. The standard InChI is InChI=1S/C27H37BN2O5/c1-25(2,3)33-24(31)30-15-9-12-21(30)23-29-20-11-8-10-17-16-18(13-14-19(17)22(20)32-23)28-34-26(4,5)27(6,7)35-28/h13-14,16,21H,8-12,15H2,1-7H3. The Morgan fingerprint density at radius 1 is 1.11 bits per heavy atom. The maximum Gasteiger partial charge on any atom is 0.494 e. The van der Waals surface area contributed by atoms with E-state index >= 15 is 0 Å². The van der Waals surface area contributed by atoms with Crippen molar-refractivity contribution in [3.63, 3.8) is 0 Å². The number of ether oxygens (including phenoxy) is 1. The van der Waals surface area contributed by atoms with E-state index < -0.39 is 5.60 Å². The Bertz CT molecular complexity index is 1120. The van der Waals surface area contributed by atoms with E-state index in [1.807, 2.05) is 20.8 Å². The van der Waals surface area contributed by atoms with Crippen molar-refractivity contribution < 1.29 is 23.3 Å². The van der Waals surface area contributed by atoms with Crippen LogP contribution in [0.2, 0.25) is 0 Å². The zero-order chi connectivity index (χ0) is 25.2. The number of carbonyl (C=O) groups is 1. The molecule has 7 nitrogen and oxygen atoms in total. The molecule has 8 heteroatoms. The molecule has 1 aromatic carbocycles. The minimum atomic E-state index is -0.536. The molecule has 3 aliphatic rings. The monoisotopic (exact) mass is 480 g/mol. The Kier molecular flexibility index (Phi) is 5.83. The zero-order valence-electron chi connectivity index (χ0n) is 22.1. The fourth-order valence-electron chi connectivity index (χ4n) is 5.07. The maximum absolute atomic E-state index is 12.8. The molecule has 0 N–H and O–H groups in total. The van der Waals surface area contributed by atoms with Crippen LogP contribution in [0.5, 0.6) is 0 Å². The first-order valence-corrected chi connectivity index (χ1v) is 12.8. The molecule has 0 radical (unpaired) electrons. The SMILES string of the molecule is CC(C)(C)OC(=O)N1CCCC1c1nc2c(o1)-c1ccc(B3OC(C)(C)C(C)(C)O3)cc1CCC2. The van der Waals surface area contributed by atoms with Gasteiger partial charge < -0.3 is 18.5 Å². The highest BCUT2D eigenvalue weighted by Gasteiger charge is 2.51. The summed E-state index contributed by atoms with van der Waals surface area (Å²) in [7, 11) is -0.390. The fraction of sp³-hybridized carbons (Fsp3) is 0.630. The van der Waals surface area contributed by atoms with Crippen molar-refractivity contribution in [3.05, 3.63) is 35.3 Å². The zero-order valence-corrected chi connectivity index (χ0v) is 22.1. The number of fused-ring (bicyclic) bond motifs is 3. The summed E-state index contributed by atoms with van der Waals surface area (Å²) in [5, 5.41) is 0. The Morgan fingerprint density at radius 2 is 1.83 bits per heavy atom. The Morgan fingerprint density at radius 3 is 2.51 bits per heavy atom. The molecule has 1 atom stereocenters. The number of aryl methyl sites for hydroxylation is 2. The minimum absolute atomic E-state index is 0.191. The molecule has 1 amide bonds. The van der Waals surface area contributed by atoms with Crippen molar-refractivity contribution in [2.75, 3.05) is 6.54 Å². The maximum atomic E-state index is 12.8. The molecule has 35 heavy (non-hydrogen) atoms. The van der Waals surface area contributed by atoms with Gasteiger partial charge in [0.2, 0.25) is 5.89 Å². The summed E-state index contributed by atoms with van der Waals surface area (Å²) in [6.07, 6.45) is 4.20. The molecule has 1 aliphatic carbocycles.